The number of carbonyl (C=O) groups excluding carboxylic acids is 2. The highest BCUT2D eigenvalue weighted by molar-refractivity contribution is 6.31. The molecule has 1 atom stereocenters. The first-order chi connectivity index (χ1) is 14.5. The first-order valence-corrected chi connectivity index (χ1v) is 11.0. The van der Waals surface area contributed by atoms with Crippen molar-refractivity contribution in [1.29, 1.82) is 0 Å². The molecule has 6 heteroatoms. The Morgan fingerprint density at radius 2 is 1.73 bits per heavy atom. The monoisotopic (exact) mass is 425 g/mol. The zero-order valence-electron chi connectivity index (χ0n) is 17.4. The predicted molar refractivity (Wildman–Crippen MR) is 120 cm³/mol. The normalized spacial score (nSPS) is 20.3. The summed E-state index contributed by atoms with van der Waals surface area (Å²) in [6.45, 7) is 7.50. The molecule has 30 heavy (non-hydrogen) atoms. The van der Waals surface area contributed by atoms with Gasteiger partial charge in [-0.05, 0) is 49.2 Å². The largest absolute Gasteiger partial charge is 0.369 e. The minimum Gasteiger partial charge on any atom is -0.369 e. The number of aryl methyl sites for hydroxylation is 1. The summed E-state index contributed by atoms with van der Waals surface area (Å²) >= 11 is 6.24. The highest BCUT2D eigenvalue weighted by Crippen LogP contribution is 2.33. The summed E-state index contributed by atoms with van der Waals surface area (Å²) < 4.78 is 0. The van der Waals surface area contributed by atoms with Crippen LogP contribution in [0.25, 0.3) is 0 Å². The topological polar surface area (TPSA) is 43.9 Å². The van der Waals surface area contributed by atoms with Crippen molar-refractivity contribution < 1.29 is 9.59 Å². The zero-order chi connectivity index (χ0) is 21.1. The summed E-state index contributed by atoms with van der Waals surface area (Å²) in [6.07, 6.45) is 1.02. The van der Waals surface area contributed by atoms with E-state index in [0.29, 0.717) is 11.6 Å². The summed E-state index contributed by atoms with van der Waals surface area (Å²) in [6, 6.07) is 15.9. The number of piperazine rings is 1. The Morgan fingerprint density at radius 3 is 2.47 bits per heavy atom. The standard InChI is InChI=1S/C24H28ClN3O2/c1-18-6-4-7-19(16-18)27-14-12-26(13-15-27)10-5-11-28-23(29)17-21(24(28)30)20-8-2-3-9-22(20)25/h2-4,6-9,16,21H,5,10-15,17H2,1H3. The Bertz CT molecular complexity index is 924. The highest BCUT2D eigenvalue weighted by atomic mass is 35.5. The lowest BCUT2D eigenvalue weighted by molar-refractivity contribution is -0.138. The van der Waals surface area contributed by atoms with Crippen LogP contribution in [-0.4, -0.2) is 60.9 Å². The van der Waals surface area contributed by atoms with E-state index in [4.69, 9.17) is 11.6 Å². The van der Waals surface area contributed by atoms with E-state index in [2.05, 4.69) is 41.0 Å². The van der Waals surface area contributed by atoms with Crippen LogP contribution < -0.4 is 4.90 Å². The number of anilines is 1. The molecule has 5 nitrogen and oxygen atoms in total. The maximum Gasteiger partial charge on any atom is 0.237 e. The fourth-order valence-electron chi connectivity index (χ4n) is 4.43. The van der Waals surface area contributed by atoms with Crippen molar-refractivity contribution >= 4 is 29.1 Å². The van der Waals surface area contributed by atoms with E-state index in [1.54, 1.807) is 6.07 Å². The zero-order valence-corrected chi connectivity index (χ0v) is 18.1. The number of benzene rings is 2. The van der Waals surface area contributed by atoms with Gasteiger partial charge in [0.15, 0.2) is 0 Å². The van der Waals surface area contributed by atoms with Crippen LogP contribution in [0.15, 0.2) is 48.5 Å². The van der Waals surface area contributed by atoms with Gasteiger partial charge in [0.1, 0.15) is 0 Å². The van der Waals surface area contributed by atoms with Crippen molar-refractivity contribution in [3.05, 3.63) is 64.7 Å². The van der Waals surface area contributed by atoms with Crippen molar-refractivity contribution in [3.63, 3.8) is 0 Å². The molecule has 2 aromatic rings. The third-order valence-electron chi connectivity index (χ3n) is 6.12. The van der Waals surface area contributed by atoms with E-state index >= 15 is 0 Å². The maximum atomic E-state index is 12.8. The molecule has 0 aliphatic carbocycles. The molecule has 2 aromatic carbocycles. The quantitative estimate of drug-likeness (QED) is 0.662. The number of carbonyl (C=O) groups is 2. The first kappa shape index (κ1) is 20.9. The van der Waals surface area contributed by atoms with Crippen molar-refractivity contribution in [2.75, 3.05) is 44.2 Å². The second kappa shape index (κ2) is 9.19. The van der Waals surface area contributed by atoms with E-state index in [1.807, 2.05) is 18.2 Å². The molecule has 1 unspecified atom stereocenters. The van der Waals surface area contributed by atoms with Crippen molar-refractivity contribution in [3.8, 4) is 0 Å². The third kappa shape index (κ3) is 4.52. The number of nitrogens with zero attached hydrogens (tertiary/aromatic N) is 3. The van der Waals surface area contributed by atoms with Gasteiger partial charge in [0, 0.05) is 49.9 Å². The van der Waals surface area contributed by atoms with Crippen molar-refractivity contribution in [1.82, 2.24) is 9.80 Å². The average Bonchev–Trinajstić information content (AvgIpc) is 3.03. The fraction of sp³-hybridized carbons (Fsp3) is 0.417. The summed E-state index contributed by atoms with van der Waals surface area (Å²) in [5, 5.41) is 0.553. The van der Waals surface area contributed by atoms with Gasteiger partial charge in [-0.2, -0.15) is 0 Å². The Kier molecular flexibility index (Phi) is 6.40. The second-order valence-corrected chi connectivity index (χ2v) is 8.59. The molecule has 0 spiro atoms. The molecular formula is C24H28ClN3O2. The van der Waals surface area contributed by atoms with Crippen LogP contribution in [0.2, 0.25) is 5.02 Å². The molecule has 2 fully saturated rings. The number of halogens is 1. The molecule has 2 heterocycles. The van der Waals surface area contributed by atoms with Crippen LogP contribution in [0.1, 0.15) is 29.9 Å². The van der Waals surface area contributed by atoms with E-state index < -0.39 is 5.92 Å². The summed E-state index contributed by atoms with van der Waals surface area (Å²) in [5.41, 5.74) is 3.32. The maximum absolute atomic E-state index is 12.8. The molecule has 2 aliphatic rings. The number of hydrogen-bond donors (Lipinski definition) is 0. The number of amides is 2. The van der Waals surface area contributed by atoms with E-state index in [1.165, 1.54) is 16.2 Å². The minimum atomic E-state index is -0.441. The van der Waals surface area contributed by atoms with Crippen LogP contribution in [0.4, 0.5) is 5.69 Å². The lowest BCUT2D eigenvalue weighted by Gasteiger charge is -2.36. The van der Waals surface area contributed by atoms with Gasteiger partial charge in [-0.15, -0.1) is 0 Å². The number of imide groups is 1. The lowest BCUT2D eigenvalue weighted by Crippen LogP contribution is -2.47. The van der Waals surface area contributed by atoms with Gasteiger partial charge < -0.3 is 4.90 Å². The number of rotatable bonds is 6. The van der Waals surface area contributed by atoms with Crippen LogP contribution >= 0.6 is 11.6 Å². The van der Waals surface area contributed by atoms with Crippen LogP contribution in [0.5, 0.6) is 0 Å². The summed E-state index contributed by atoms with van der Waals surface area (Å²) in [5.74, 6) is -0.643. The molecule has 0 bridgehead atoms. The second-order valence-electron chi connectivity index (χ2n) is 8.18. The van der Waals surface area contributed by atoms with Gasteiger partial charge in [0.2, 0.25) is 11.8 Å². The molecule has 0 radical (unpaired) electrons. The van der Waals surface area contributed by atoms with Gasteiger partial charge in [0.05, 0.1) is 5.92 Å². The average molecular weight is 426 g/mol. The Hall–Kier alpha value is -2.37. The number of likely N-dealkylation sites (tertiary alicyclic amines) is 1. The van der Waals surface area contributed by atoms with Gasteiger partial charge >= 0.3 is 0 Å². The van der Waals surface area contributed by atoms with E-state index in [0.717, 1.165) is 44.7 Å². The first-order valence-electron chi connectivity index (χ1n) is 10.7. The van der Waals surface area contributed by atoms with Gasteiger partial charge in [-0.1, -0.05) is 41.9 Å². The summed E-state index contributed by atoms with van der Waals surface area (Å²) in [4.78, 5) is 31.5. The lowest BCUT2D eigenvalue weighted by atomic mass is 9.97. The molecule has 0 aromatic heterocycles. The Balaban J connectivity index is 1.25. The predicted octanol–water partition coefficient (Wildman–Crippen LogP) is 3.70. The van der Waals surface area contributed by atoms with E-state index in [9.17, 15) is 9.59 Å². The Labute approximate surface area is 183 Å². The molecule has 2 aliphatic heterocycles. The molecule has 0 saturated carbocycles. The molecular weight excluding hydrogens is 398 g/mol. The SMILES string of the molecule is Cc1cccc(N2CCN(CCCN3C(=O)CC(c4ccccc4Cl)C3=O)CC2)c1. The molecule has 0 N–H and O–H groups in total. The third-order valence-corrected chi connectivity index (χ3v) is 6.46. The molecule has 4 rings (SSSR count). The van der Waals surface area contributed by atoms with Crippen LogP contribution in [0.3, 0.4) is 0 Å². The Morgan fingerprint density at radius 1 is 0.967 bits per heavy atom. The molecule has 2 amide bonds. The van der Waals surface area contributed by atoms with Gasteiger partial charge in [0.25, 0.3) is 0 Å². The molecule has 2 saturated heterocycles. The van der Waals surface area contributed by atoms with Crippen molar-refractivity contribution in [2.45, 2.75) is 25.7 Å². The fourth-order valence-corrected chi connectivity index (χ4v) is 4.69. The molecule has 158 valence electrons. The van der Waals surface area contributed by atoms with Crippen LogP contribution in [-0.2, 0) is 9.59 Å². The smallest absolute Gasteiger partial charge is 0.237 e. The van der Waals surface area contributed by atoms with Crippen molar-refractivity contribution in [2.24, 2.45) is 0 Å². The summed E-state index contributed by atoms with van der Waals surface area (Å²) in [7, 11) is 0. The highest BCUT2D eigenvalue weighted by Gasteiger charge is 2.39. The van der Waals surface area contributed by atoms with Crippen LogP contribution in [0, 0.1) is 6.92 Å². The van der Waals surface area contributed by atoms with Gasteiger partial charge in [-0.3, -0.25) is 19.4 Å². The minimum absolute atomic E-state index is 0.0887. The van der Waals surface area contributed by atoms with Gasteiger partial charge in [-0.25, -0.2) is 0 Å². The van der Waals surface area contributed by atoms with E-state index in [-0.39, 0.29) is 18.2 Å². The number of hydrogen-bond acceptors (Lipinski definition) is 4.